The number of aliphatic hydroxyl groups is 1. The van der Waals surface area contributed by atoms with Gasteiger partial charge in [-0.15, -0.1) is 6.58 Å². The van der Waals surface area contributed by atoms with E-state index in [-0.39, 0.29) is 25.5 Å². The fraction of sp³-hybridized carbons (Fsp3) is 0.179. The van der Waals surface area contributed by atoms with Crippen molar-refractivity contribution >= 4 is 11.9 Å². The Kier molecular flexibility index (Phi) is 10.8. The first-order chi connectivity index (χ1) is 22.1. The molecule has 0 unspecified atom stereocenters. The number of hydrogen-bond donors (Lipinski definition) is 2. The third kappa shape index (κ3) is 8.25. The fourth-order valence-corrected chi connectivity index (χ4v) is 5.48. The van der Waals surface area contributed by atoms with E-state index < -0.39 is 24.0 Å². The van der Waals surface area contributed by atoms with E-state index in [2.05, 4.69) is 36.2 Å². The van der Waals surface area contributed by atoms with Crippen LogP contribution in [-0.4, -0.2) is 34.2 Å². The fourth-order valence-electron chi connectivity index (χ4n) is 5.48. The Hall–Kier alpha value is -5.20. The van der Waals surface area contributed by atoms with Crippen molar-refractivity contribution < 1.29 is 19.4 Å². The lowest BCUT2D eigenvalue weighted by molar-refractivity contribution is -0.154. The van der Waals surface area contributed by atoms with Crippen LogP contribution in [0.2, 0.25) is 0 Å². The molecule has 2 N–H and O–H groups in total. The zero-order chi connectivity index (χ0) is 31.4. The van der Waals surface area contributed by atoms with Crippen LogP contribution in [0.5, 0.6) is 0 Å². The zero-order valence-corrected chi connectivity index (χ0v) is 25.2. The highest BCUT2D eigenvalue weighted by molar-refractivity contribution is 5.87. The molecular weight excluding hydrogens is 560 g/mol. The normalized spacial score (nSPS) is 12.9. The third-order valence-electron chi connectivity index (χ3n) is 7.85. The second kappa shape index (κ2) is 15.5. The second-order valence-electron chi connectivity index (χ2n) is 11.0. The molecule has 1 aromatic heterocycles. The maximum atomic E-state index is 14.1. The van der Waals surface area contributed by atoms with Crippen molar-refractivity contribution in [2.75, 3.05) is 6.61 Å². The molecule has 0 spiro atoms. The lowest BCUT2D eigenvalue weighted by atomic mass is 9.94. The summed E-state index contributed by atoms with van der Waals surface area (Å²) in [6.07, 6.45) is 6.01. The zero-order valence-electron chi connectivity index (χ0n) is 25.2. The van der Waals surface area contributed by atoms with E-state index in [4.69, 9.17) is 4.74 Å². The highest BCUT2D eigenvalue weighted by Crippen LogP contribution is 2.30. The number of aliphatic hydroxyl groups excluding tert-OH is 1. The number of amides is 1. The van der Waals surface area contributed by atoms with Crippen LogP contribution in [0.15, 0.2) is 146 Å². The monoisotopic (exact) mass is 598 g/mol. The molecule has 1 amide bonds. The summed E-state index contributed by atoms with van der Waals surface area (Å²) in [7, 11) is 0. The van der Waals surface area contributed by atoms with Gasteiger partial charge in [-0.2, -0.15) is 0 Å². The molecule has 0 aliphatic rings. The van der Waals surface area contributed by atoms with Crippen LogP contribution in [0.4, 0.5) is 0 Å². The number of hydrogen-bond acceptors (Lipinski definition) is 4. The Morgan fingerprint density at radius 3 is 1.91 bits per heavy atom. The summed E-state index contributed by atoms with van der Waals surface area (Å²) in [6, 6.07) is 38.0. The van der Waals surface area contributed by atoms with Crippen molar-refractivity contribution in [3.8, 4) is 22.3 Å². The largest absolute Gasteiger partial charge is 0.461 e. The number of carbonyl (C=O) groups excluding carboxylic acids is 2. The van der Waals surface area contributed by atoms with Crippen LogP contribution in [0, 0.1) is 5.92 Å². The van der Waals surface area contributed by atoms with Gasteiger partial charge < -0.3 is 19.7 Å². The number of rotatable bonds is 14. The highest BCUT2D eigenvalue weighted by atomic mass is 16.5. The van der Waals surface area contributed by atoms with Crippen LogP contribution < -0.4 is 5.32 Å². The maximum Gasteiger partial charge on any atom is 0.312 e. The number of nitrogens with zero attached hydrogens (tertiary/aromatic N) is 1. The van der Waals surface area contributed by atoms with Gasteiger partial charge in [0.25, 0.3) is 0 Å². The molecule has 5 aromatic rings. The van der Waals surface area contributed by atoms with Gasteiger partial charge in [0.05, 0.1) is 18.6 Å². The lowest BCUT2D eigenvalue weighted by Crippen LogP contribution is -2.46. The van der Waals surface area contributed by atoms with Gasteiger partial charge in [0, 0.05) is 12.4 Å². The molecule has 0 radical (unpaired) electrons. The summed E-state index contributed by atoms with van der Waals surface area (Å²) in [5, 5.41) is 13.2. The maximum absolute atomic E-state index is 14.1. The van der Waals surface area contributed by atoms with Gasteiger partial charge >= 0.3 is 5.97 Å². The Morgan fingerprint density at radius 2 is 1.31 bits per heavy atom. The van der Waals surface area contributed by atoms with Crippen LogP contribution >= 0.6 is 0 Å². The summed E-state index contributed by atoms with van der Waals surface area (Å²) >= 11 is 0. The van der Waals surface area contributed by atoms with Crippen molar-refractivity contribution in [1.29, 1.82) is 0 Å². The number of nitrogens with one attached hydrogen (secondary N) is 1. The molecule has 3 atom stereocenters. The number of carbonyl (C=O) groups is 2. The molecule has 0 saturated carbocycles. The molecule has 0 bridgehead atoms. The third-order valence-corrected chi connectivity index (χ3v) is 7.85. The van der Waals surface area contributed by atoms with E-state index in [1.54, 1.807) is 10.6 Å². The van der Waals surface area contributed by atoms with Crippen molar-refractivity contribution in [3.63, 3.8) is 0 Å². The lowest BCUT2D eigenvalue weighted by Gasteiger charge is -2.28. The second-order valence-corrected chi connectivity index (χ2v) is 11.0. The number of benzene rings is 4. The van der Waals surface area contributed by atoms with E-state index >= 15 is 0 Å². The molecule has 228 valence electrons. The molecular formula is C39H38N2O4. The van der Waals surface area contributed by atoms with Crippen LogP contribution in [0.25, 0.3) is 22.3 Å². The Morgan fingerprint density at radius 1 is 0.756 bits per heavy atom. The van der Waals surface area contributed by atoms with Crippen molar-refractivity contribution in [1.82, 2.24) is 9.88 Å². The molecule has 0 aliphatic carbocycles. The van der Waals surface area contributed by atoms with Crippen molar-refractivity contribution in [2.24, 2.45) is 5.92 Å². The summed E-state index contributed by atoms with van der Waals surface area (Å²) in [4.78, 5) is 27.7. The first-order valence-corrected chi connectivity index (χ1v) is 15.2. The van der Waals surface area contributed by atoms with Crippen LogP contribution in [0.1, 0.15) is 23.6 Å². The van der Waals surface area contributed by atoms with Gasteiger partial charge in [0.15, 0.2) is 0 Å². The van der Waals surface area contributed by atoms with E-state index in [1.165, 1.54) is 0 Å². The van der Waals surface area contributed by atoms with Crippen LogP contribution in [0.3, 0.4) is 0 Å². The van der Waals surface area contributed by atoms with E-state index in [9.17, 15) is 14.7 Å². The number of esters is 1. The minimum absolute atomic E-state index is 0.0968. The first kappa shape index (κ1) is 31.2. The Labute approximate surface area is 264 Å². The first-order valence-electron chi connectivity index (χ1n) is 15.2. The topological polar surface area (TPSA) is 80.6 Å². The van der Waals surface area contributed by atoms with Crippen molar-refractivity contribution in [3.05, 3.63) is 158 Å². The standard InChI is InChI=1S/C39H38N2O4/c1-2-12-36(39(44)45-28-30-15-8-4-9-16-30)37(38(43)40-35(27-42)25-29-13-6-3-7-14-29)41-24-23-34(26-41)33-21-19-32(20-22-33)31-17-10-5-11-18-31/h2-11,13-24,26,35-37,42H,1,12,25,27-28H2,(H,40,43)/t35-,36-,37+/m0/s1. The highest BCUT2D eigenvalue weighted by Gasteiger charge is 2.36. The summed E-state index contributed by atoms with van der Waals surface area (Å²) in [5.41, 5.74) is 5.97. The molecule has 6 heteroatoms. The molecule has 0 aliphatic heterocycles. The minimum Gasteiger partial charge on any atom is -0.461 e. The predicted octanol–water partition coefficient (Wildman–Crippen LogP) is 7.02. The van der Waals surface area contributed by atoms with E-state index in [1.807, 2.05) is 109 Å². The van der Waals surface area contributed by atoms with E-state index in [0.717, 1.165) is 33.4 Å². The molecule has 6 nitrogen and oxygen atoms in total. The molecule has 0 fully saturated rings. The molecule has 4 aromatic carbocycles. The molecule has 1 heterocycles. The number of allylic oxidation sites excluding steroid dienone is 1. The predicted molar refractivity (Wildman–Crippen MR) is 178 cm³/mol. The molecule has 5 rings (SSSR count). The molecule has 0 saturated heterocycles. The Balaban J connectivity index is 1.42. The molecule has 45 heavy (non-hydrogen) atoms. The minimum atomic E-state index is -0.937. The summed E-state index contributed by atoms with van der Waals surface area (Å²) < 4.78 is 7.51. The average molecular weight is 599 g/mol. The Bertz CT molecular complexity index is 1670. The number of aromatic nitrogens is 1. The quantitative estimate of drug-likeness (QED) is 0.106. The summed E-state index contributed by atoms with van der Waals surface area (Å²) in [6.45, 7) is 3.72. The van der Waals surface area contributed by atoms with Gasteiger partial charge in [-0.3, -0.25) is 9.59 Å². The average Bonchev–Trinajstić information content (AvgIpc) is 3.58. The van der Waals surface area contributed by atoms with E-state index in [0.29, 0.717) is 6.42 Å². The van der Waals surface area contributed by atoms with Crippen molar-refractivity contribution in [2.45, 2.75) is 31.5 Å². The van der Waals surface area contributed by atoms with Gasteiger partial charge in [0.2, 0.25) is 5.91 Å². The smallest absolute Gasteiger partial charge is 0.312 e. The summed E-state index contributed by atoms with van der Waals surface area (Å²) in [5.74, 6) is -1.72. The number of ether oxygens (including phenoxy) is 1. The van der Waals surface area contributed by atoms with Gasteiger partial charge in [-0.05, 0) is 52.3 Å². The van der Waals surface area contributed by atoms with Gasteiger partial charge in [-0.25, -0.2) is 0 Å². The van der Waals surface area contributed by atoms with Crippen LogP contribution in [-0.2, 0) is 27.4 Å². The van der Waals surface area contributed by atoms with Gasteiger partial charge in [-0.1, -0.05) is 121 Å². The SMILES string of the molecule is C=CC[C@H](C(=O)OCc1ccccc1)[C@H](C(=O)N[C@H](CO)Cc1ccccc1)n1ccc(-c2ccc(-c3ccccc3)cc2)c1. The van der Waals surface area contributed by atoms with Gasteiger partial charge in [0.1, 0.15) is 12.6 Å².